The molecule has 0 heterocycles. The van der Waals surface area contributed by atoms with E-state index < -0.39 is 11.0 Å². The summed E-state index contributed by atoms with van der Waals surface area (Å²) in [6.45, 7) is 5.45. The molecular formula is C12H17N3O3. The first-order valence-corrected chi connectivity index (χ1v) is 5.71. The second kappa shape index (κ2) is 6.00. The van der Waals surface area contributed by atoms with E-state index in [1.807, 2.05) is 13.8 Å². The maximum absolute atomic E-state index is 11.7. The van der Waals surface area contributed by atoms with Gasteiger partial charge < -0.3 is 10.6 Å². The van der Waals surface area contributed by atoms with Crippen LogP contribution in [-0.2, 0) is 4.79 Å². The summed E-state index contributed by atoms with van der Waals surface area (Å²) in [6.07, 6.45) is 0. The van der Waals surface area contributed by atoms with Gasteiger partial charge in [-0.05, 0) is 26.8 Å². The van der Waals surface area contributed by atoms with Crippen molar-refractivity contribution in [1.82, 2.24) is 5.32 Å². The molecule has 98 valence electrons. The van der Waals surface area contributed by atoms with Gasteiger partial charge in [-0.15, -0.1) is 0 Å². The lowest BCUT2D eigenvalue weighted by atomic mass is 10.2. The highest BCUT2D eigenvalue weighted by Gasteiger charge is 2.14. The molecule has 6 nitrogen and oxygen atoms in total. The third kappa shape index (κ3) is 4.04. The van der Waals surface area contributed by atoms with Crippen LogP contribution in [0.1, 0.15) is 20.8 Å². The Morgan fingerprint density at radius 2 is 2.00 bits per heavy atom. The number of nitrogens with one attached hydrogen (secondary N) is 2. The number of anilines is 1. The summed E-state index contributed by atoms with van der Waals surface area (Å²) in [4.78, 5) is 21.8. The van der Waals surface area contributed by atoms with Crippen LogP contribution in [0.5, 0.6) is 0 Å². The van der Waals surface area contributed by atoms with Crippen molar-refractivity contribution in [3.63, 3.8) is 0 Å². The normalized spacial score (nSPS) is 12.0. The molecule has 0 radical (unpaired) electrons. The minimum Gasteiger partial charge on any atom is -0.374 e. The highest BCUT2D eigenvalue weighted by atomic mass is 16.6. The molecule has 0 bridgehead atoms. The third-order valence-electron chi connectivity index (χ3n) is 2.26. The van der Waals surface area contributed by atoms with Crippen molar-refractivity contribution in [2.45, 2.75) is 32.9 Å². The second-order valence-electron chi connectivity index (χ2n) is 4.34. The topological polar surface area (TPSA) is 84.3 Å². The highest BCUT2D eigenvalue weighted by Crippen LogP contribution is 2.17. The number of rotatable bonds is 5. The van der Waals surface area contributed by atoms with Gasteiger partial charge in [-0.25, -0.2) is 0 Å². The fourth-order valence-electron chi connectivity index (χ4n) is 1.43. The number of nitro groups is 1. The Balaban J connectivity index is 2.69. The molecule has 0 saturated carbocycles. The minimum absolute atomic E-state index is 0.00327. The van der Waals surface area contributed by atoms with E-state index in [4.69, 9.17) is 0 Å². The van der Waals surface area contributed by atoms with Crippen LogP contribution in [0.15, 0.2) is 24.3 Å². The number of nitro benzene ring substituents is 1. The Hall–Kier alpha value is -2.11. The fraction of sp³-hybridized carbons (Fsp3) is 0.417. The zero-order valence-corrected chi connectivity index (χ0v) is 10.6. The molecule has 6 heteroatoms. The molecule has 0 aliphatic carbocycles. The molecule has 1 aromatic rings. The largest absolute Gasteiger partial charge is 0.374 e. The quantitative estimate of drug-likeness (QED) is 0.618. The summed E-state index contributed by atoms with van der Waals surface area (Å²) >= 11 is 0. The van der Waals surface area contributed by atoms with Gasteiger partial charge in [0.15, 0.2) is 0 Å². The SMILES string of the molecule is CC(C)NC(=O)[C@H](C)Nc1cccc([N+](=O)[O-])c1. The lowest BCUT2D eigenvalue weighted by Gasteiger charge is -2.16. The van der Waals surface area contributed by atoms with Crippen LogP contribution >= 0.6 is 0 Å². The number of carbonyl (C=O) groups is 1. The monoisotopic (exact) mass is 251 g/mol. The van der Waals surface area contributed by atoms with Gasteiger partial charge in [-0.1, -0.05) is 6.07 Å². The molecular weight excluding hydrogens is 234 g/mol. The summed E-state index contributed by atoms with van der Waals surface area (Å²) in [6, 6.07) is 5.68. The first kappa shape index (κ1) is 14.0. The molecule has 0 fully saturated rings. The first-order chi connectivity index (χ1) is 8.40. The van der Waals surface area contributed by atoms with Crippen LogP contribution in [0.2, 0.25) is 0 Å². The van der Waals surface area contributed by atoms with Gasteiger partial charge in [0, 0.05) is 23.9 Å². The lowest BCUT2D eigenvalue weighted by molar-refractivity contribution is -0.384. The van der Waals surface area contributed by atoms with Crippen molar-refractivity contribution in [2.24, 2.45) is 0 Å². The fourth-order valence-corrected chi connectivity index (χ4v) is 1.43. The summed E-state index contributed by atoms with van der Waals surface area (Å²) < 4.78 is 0. The minimum atomic E-state index is -0.468. The summed E-state index contributed by atoms with van der Waals surface area (Å²) in [5.74, 6) is -0.142. The van der Waals surface area contributed by atoms with E-state index in [9.17, 15) is 14.9 Å². The lowest BCUT2D eigenvalue weighted by Crippen LogP contribution is -2.40. The van der Waals surface area contributed by atoms with Gasteiger partial charge in [0.1, 0.15) is 6.04 Å². The third-order valence-corrected chi connectivity index (χ3v) is 2.26. The standard InChI is InChI=1S/C12H17N3O3/c1-8(2)13-12(16)9(3)14-10-5-4-6-11(7-10)15(17)18/h4-9,14H,1-3H3,(H,13,16)/t9-/m0/s1. The van der Waals surface area contributed by atoms with E-state index in [1.165, 1.54) is 12.1 Å². The van der Waals surface area contributed by atoms with Crippen molar-refractivity contribution in [2.75, 3.05) is 5.32 Å². The van der Waals surface area contributed by atoms with Crippen LogP contribution < -0.4 is 10.6 Å². The van der Waals surface area contributed by atoms with Crippen molar-refractivity contribution in [3.05, 3.63) is 34.4 Å². The highest BCUT2D eigenvalue weighted by molar-refractivity contribution is 5.84. The Bertz CT molecular complexity index is 446. The van der Waals surface area contributed by atoms with E-state index in [2.05, 4.69) is 10.6 Å². The molecule has 0 aliphatic heterocycles. The van der Waals surface area contributed by atoms with Crippen molar-refractivity contribution < 1.29 is 9.72 Å². The average molecular weight is 251 g/mol. The summed E-state index contributed by atoms with van der Waals surface area (Å²) in [5.41, 5.74) is 0.548. The Morgan fingerprint density at radius 1 is 1.33 bits per heavy atom. The Kier molecular flexibility index (Phi) is 4.65. The van der Waals surface area contributed by atoms with Crippen molar-refractivity contribution in [1.29, 1.82) is 0 Å². The van der Waals surface area contributed by atoms with Crippen LogP contribution in [0.25, 0.3) is 0 Å². The molecule has 0 saturated heterocycles. The first-order valence-electron chi connectivity index (χ1n) is 5.71. The number of amides is 1. The molecule has 1 rings (SSSR count). The predicted octanol–water partition coefficient (Wildman–Crippen LogP) is 1.92. The second-order valence-corrected chi connectivity index (χ2v) is 4.34. The molecule has 0 aromatic heterocycles. The van der Waals surface area contributed by atoms with Crippen molar-refractivity contribution in [3.8, 4) is 0 Å². The molecule has 18 heavy (non-hydrogen) atoms. The van der Waals surface area contributed by atoms with E-state index in [0.29, 0.717) is 5.69 Å². The van der Waals surface area contributed by atoms with Crippen LogP contribution in [-0.4, -0.2) is 22.9 Å². The molecule has 1 atom stereocenters. The van der Waals surface area contributed by atoms with Gasteiger partial charge in [-0.2, -0.15) is 0 Å². The van der Waals surface area contributed by atoms with E-state index in [-0.39, 0.29) is 17.6 Å². The van der Waals surface area contributed by atoms with Crippen LogP contribution in [0.4, 0.5) is 11.4 Å². The molecule has 2 N–H and O–H groups in total. The number of nitrogens with zero attached hydrogens (tertiary/aromatic N) is 1. The zero-order valence-electron chi connectivity index (χ0n) is 10.6. The predicted molar refractivity (Wildman–Crippen MR) is 69.5 cm³/mol. The average Bonchev–Trinajstić information content (AvgIpc) is 2.28. The Labute approximate surface area is 106 Å². The maximum Gasteiger partial charge on any atom is 0.271 e. The summed E-state index contributed by atoms with van der Waals surface area (Å²) in [5, 5.41) is 16.3. The van der Waals surface area contributed by atoms with Crippen LogP contribution in [0.3, 0.4) is 0 Å². The van der Waals surface area contributed by atoms with E-state index in [1.54, 1.807) is 19.1 Å². The smallest absolute Gasteiger partial charge is 0.271 e. The Morgan fingerprint density at radius 3 is 2.56 bits per heavy atom. The molecule has 0 unspecified atom stereocenters. The van der Waals surface area contributed by atoms with Crippen molar-refractivity contribution >= 4 is 17.3 Å². The van der Waals surface area contributed by atoms with Gasteiger partial charge in [0.05, 0.1) is 4.92 Å². The van der Waals surface area contributed by atoms with Gasteiger partial charge in [0.2, 0.25) is 5.91 Å². The van der Waals surface area contributed by atoms with Crippen LogP contribution in [0, 0.1) is 10.1 Å². The molecule has 1 aromatic carbocycles. The maximum atomic E-state index is 11.7. The van der Waals surface area contributed by atoms with E-state index in [0.717, 1.165) is 0 Å². The number of hydrogen-bond donors (Lipinski definition) is 2. The van der Waals surface area contributed by atoms with Gasteiger partial charge in [-0.3, -0.25) is 14.9 Å². The molecule has 0 spiro atoms. The van der Waals surface area contributed by atoms with Gasteiger partial charge in [0.25, 0.3) is 5.69 Å². The zero-order chi connectivity index (χ0) is 13.7. The molecule has 1 amide bonds. The number of non-ortho nitro benzene ring substituents is 1. The number of carbonyl (C=O) groups excluding carboxylic acids is 1. The number of benzene rings is 1. The number of hydrogen-bond acceptors (Lipinski definition) is 4. The van der Waals surface area contributed by atoms with Gasteiger partial charge >= 0.3 is 0 Å². The molecule has 0 aliphatic rings. The van der Waals surface area contributed by atoms with E-state index >= 15 is 0 Å². The summed E-state index contributed by atoms with van der Waals surface area (Å²) in [7, 11) is 0.